The van der Waals surface area contributed by atoms with E-state index in [1.165, 1.54) is 22.3 Å². The van der Waals surface area contributed by atoms with E-state index in [0.29, 0.717) is 28.5 Å². The number of hydrogen-bond acceptors (Lipinski definition) is 6. The van der Waals surface area contributed by atoms with E-state index in [-0.39, 0.29) is 17.6 Å². The molecule has 0 N–H and O–H groups in total. The highest BCUT2D eigenvalue weighted by molar-refractivity contribution is 7.99. The van der Waals surface area contributed by atoms with E-state index in [1.807, 2.05) is 31.2 Å². The summed E-state index contributed by atoms with van der Waals surface area (Å²) >= 11 is 1.25. The Balaban J connectivity index is 1.51. The van der Waals surface area contributed by atoms with Crippen molar-refractivity contribution < 1.29 is 17.6 Å². The highest BCUT2D eigenvalue weighted by atomic mass is 32.2. The second kappa shape index (κ2) is 6.69. The van der Waals surface area contributed by atoms with Gasteiger partial charge in [-0.15, -0.1) is 0 Å². The van der Waals surface area contributed by atoms with Crippen molar-refractivity contribution in [3.8, 4) is 0 Å². The van der Waals surface area contributed by atoms with Crippen LogP contribution >= 0.6 is 11.8 Å². The van der Waals surface area contributed by atoms with E-state index in [9.17, 15) is 13.2 Å². The Morgan fingerprint density at radius 2 is 2.07 bits per heavy atom. The van der Waals surface area contributed by atoms with Crippen molar-refractivity contribution in [2.24, 2.45) is 0 Å². The van der Waals surface area contributed by atoms with Gasteiger partial charge in [-0.3, -0.25) is 9.10 Å². The average Bonchev–Trinajstić information content (AvgIpc) is 3.17. The third-order valence-electron chi connectivity index (χ3n) is 4.51. The SMILES string of the molecule is C[C@H]1Cc2cc(C(=O)CSc3nc4ccccc4o3)ccc2N1S(C)(=O)=O. The number of nitrogens with zero attached hydrogens (tertiary/aromatic N) is 2. The number of sulfonamides is 1. The fraction of sp³-hybridized carbons (Fsp3) is 0.263. The molecule has 1 atom stereocenters. The lowest BCUT2D eigenvalue weighted by atomic mass is 10.0. The molecule has 8 heteroatoms. The lowest BCUT2D eigenvalue weighted by Gasteiger charge is -2.21. The van der Waals surface area contributed by atoms with E-state index in [1.54, 1.807) is 18.2 Å². The normalized spacial score (nSPS) is 16.7. The largest absolute Gasteiger partial charge is 0.431 e. The summed E-state index contributed by atoms with van der Waals surface area (Å²) in [6, 6.07) is 12.5. The molecule has 1 aromatic heterocycles. The number of Topliss-reactive ketones (excluding diaryl/α,β-unsaturated/α-hetero) is 1. The summed E-state index contributed by atoms with van der Waals surface area (Å²) in [6.45, 7) is 1.87. The summed E-state index contributed by atoms with van der Waals surface area (Å²) < 4.78 is 31.0. The first-order valence-corrected chi connectivity index (χ1v) is 11.3. The van der Waals surface area contributed by atoms with Gasteiger partial charge < -0.3 is 4.42 Å². The zero-order valence-corrected chi connectivity index (χ0v) is 16.5. The van der Waals surface area contributed by atoms with Gasteiger partial charge in [0.05, 0.1) is 17.7 Å². The molecule has 0 radical (unpaired) electrons. The first-order chi connectivity index (χ1) is 12.8. The number of oxazole rings is 1. The van der Waals surface area contributed by atoms with Gasteiger partial charge in [0, 0.05) is 11.6 Å². The van der Waals surface area contributed by atoms with Crippen LogP contribution in [0, 0.1) is 0 Å². The average molecular weight is 402 g/mol. The van der Waals surface area contributed by atoms with Gasteiger partial charge in [-0.1, -0.05) is 23.9 Å². The Morgan fingerprint density at radius 1 is 1.30 bits per heavy atom. The van der Waals surface area contributed by atoms with Crippen LogP contribution in [0.25, 0.3) is 11.1 Å². The highest BCUT2D eigenvalue weighted by Gasteiger charge is 2.32. The van der Waals surface area contributed by atoms with Gasteiger partial charge in [-0.25, -0.2) is 13.4 Å². The molecule has 0 amide bonds. The Labute approximate surface area is 161 Å². The zero-order valence-electron chi connectivity index (χ0n) is 14.9. The standard InChI is InChI=1S/C19H18N2O4S2/c1-12-9-14-10-13(7-8-16(14)21(12)27(2,23)24)17(22)11-26-19-20-15-5-3-4-6-18(15)25-19/h3-8,10,12H,9,11H2,1-2H3/t12-/m0/s1. The molecule has 3 aromatic rings. The molecule has 6 nitrogen and oxygen atoms in total. The minimum absolute atomic E-state index is 0.0458. The molecule has 0 bridgehead atoms. The van der Waals surface area contributed by atoms with Crippen molar-refractivity contribution in [3.05, 3.63) is 53.6 Å². The quantitative estimate of drug-likeness (QED) is 0.480. The van der Waals surface area contributed by atoms with Gasteiger partial charge in [0.2, 0.25) is 10.0 Å². The van der Waals surface area contributed by atoms with Gasteiger partial charge in [0.1, 0.15) is 5.52 Å². The molecule has 0 fully saturated rings. The lowest BCUT2D eigenvalue weighted by Crippen LogP contribution is -2.34. The lowest BCUT2D eigenvalue weighted by molar-refractivity contribution is 0.102. The first kappa shape index (κ1) is 18.1. The van der Waals surface area contributed by atoms with E-state index in [4.69, 9.17) is 4.42 Å². The molecule has 4 rings (SSSR count). The van der Waals surface area contributed by atoms with Crippen molar-refractivity contribution in [1.29, 1.82) is 0 Å². The summed E-state index contributed by atoms with van der Waals surface area (Å²) in [5.41, 5.74) is 3.57. The Bertz CT molecular complexity index is 1100. The highest BCUT2D eigenvalue weighted by Crippen LogP contribution is 2.35. The van der Waals surface area contributed by atoms with Gasteiger partial charge in [0.25, 0.3) is 5.22 Å². The van der Waals surface area contributed by atoms with Crippen LogP contribution in [0.2, 0.25) is 0 Å². The second-order valence-corrected chi connectivity index (χ2v) is 9.40. The van der Waals surface area contributed by atoms with Crippen LogP contribution in [0.3, 0.4) is 0 Å². The molecule has 27 heavy (non-hydrogen) atoms. The number of aromatic nitrogens is 1. The molecular weight excluding hydrogens is 384 g/mol. The Morgan fingerprint density at radius 3 is 2.81 bits per heavy atom. The van der Waals surface area contributed by atoms with Gasteiger partial charge in [0.15, 0.2) is 11.4 Å². The number of fused-ring (bicyclic) bond motifs is 2. The third-order valence-corrected chi connectivity index (χ3v) is 6.61. The van der Waals surface area contributed by atoms with Crippen LogP contribution in [0.1, 0.15) is 22.8 Å². The van der Waals surface area contributed by atoms with Gasteiger partial charge in [-0.2, -0.15) is 0 Å². The van der Waals surface area contributed by atoms with Crippen LogP contribution in [-0.2, 0) is 16.4 Å². The van der Waals surface area contributed by atoms with Crippen molar-refractivity contribution >= 4 is 44.4 Å². The topological polar surface area (TPSA) is 80.5 Å². The molecule has 0 saturated heterocycles. The number of hydrogen-bond donors (Lipinski definition) is 0. The summed E-state index contributed by atoms with van der Waals surface area (Å²) in [5.74, 6) is 0.159. The van der Waals surface area contributed by atoms with E-state index in [0.717, 1.165) is 11.1 Å². The molecule has 0 unspecified atom stereocenters. The monoisotopic (exact) mass is 402 g/mol. The molecule has 0 spiro atoms. The molecule has 2 aromatic carbocycles. The Hall–Kier alpha value is -2.32. The van der Waals surface area contributed by atoms with Crippen molar-refractivity contribution in [3.63, 3.8) is 0 Å². The van der Waals surface area contributed by atoms with Crippen molar-refractivity contribution in [1.82, 2.24) is 4.98 Å². The van der Waals surface area contributed by atoms with Crippen LogP contribution in [0.4, 0.5) is 5.69 Å². The summed E-state index contributed by atoms with van der Waals surface area (Å²) in [4.78, 5) is 16.9. The smallest absolute Gasteiger partial charge is 0.257 e. The Kier molecular flexibility index (Phi) is 4.47. The summed E-state index contributed by atoms with van der Waals surface area (Å²) in [7, 11) is -3.33. The van der Waals surface area contributed by atoms with Crippen LogP contribution in [-0.4, -0.2) is 37.2 Å². The van der Waals surface area contributed by atoms with Crippen LogP contribution in [0.5, 0.6) is 0 Å². The second-order valence-electron chi connectivity index (χ2n) is 6.61. The number of carbonyl (C=O) groups is 1. The number of anilines is 1. The fourth-order valence-corrected chi connectivity index (χ4v) is 5.40. The number of thioether (sulfide) groups is 1. The molecule has 140 valence electrons. The molecule has 2 heterocycles. The van der Waals surface area contributed by atoms with Gasteiger partial charge in [-0.05, 0) is 49.2 Å². The minimum atomic E-state index is -3.33. The number of rotatable bonds is 5. The van der Waals surface area contributed by atoms with Crippen molar-refractivity contribution in [2.75, 3.05) is 16.3 Å². The maximum Gasteiger partial charge on any atom is 0.257 e. The predicted molar refractivity (Wildman–Crippen MR) is 106 cm³/mol. The summed E-state index contributed by atoms with van der Waals surface area (Å²) in [5, 5.41) is 0.461. The fourth-order valence-electron chi connectivity index (χ4n) is 3.40. The molecule has 1 aliphatic heterocycles. The van der Waals surface area contributed by atoms with E-state index in [2.05, 4.69) is 4.98 Å². The number of benzene rings is 2. The van der Waals surface area contributed by atoms with Crippen LogP contribution in [0.15, 0.2) is 52.1 Å². The van der Waals surface area contributed by atoms with E-state index < -0.39 is 10.0 Å². The molecule has 1 aliphatic rings. The number of carbonyl (C=O) groups excluding carboxylic acids is 1. The number of ketones is 1. The third kappa shape index (κ3) is 3.46. The van der Waals surface area contributed by atoms with E-state index >= 15 is 0 Å². The van der Waals surface area contributed by atoms with Crippen molar-refractivity contribution in [2.45, 2.75) is 24.6 Å². The number of para-hydroxylation sites is 2. The maximum atomic E-state index is 12.6. The maximum absolute atomic E-state index is 12.6. The molecular formula is C19H18N2O4S2. The molecule has 0 saturated carbocycles. The molecule has 0 aliphatic carbocycles. The summed E-state index contributed by atoms with van der Waals surface area (Å²) in [6.07, 6.45) is 1.80. The van der Waals surface area contributed by atoms with Gasteiger partial charge >= 0.3 is 0 Å². The predicted octanol–water partition coefficient (Wildman–Crippen LogP) is 3.51. The van der Waals surface area contributed by atoms with Crippen LogP contribution < -0.4 is 4.31 Å². The zero-order chi connectivity index (χ0) is 19.2. The first-order valence-electron chi connectivity index (χ1n) is 8.47. The minimum Gasteiger partial charge on any atom is -0.431 e.